The quantitative estimate of drug-likeness (QED) is 0.861. The largest absolute Gasteiger partial charge is 0.381 e. The lowest BCUT2D eigenvalue weighted by Crippen LogP contribution is -2.37. The summed E-state index contributed by atoms with van der Waals surface area (Å²) in [5.41, 5.74) is -0.338. The number of hydrogen-bond acceptors (Lipinski definition) is 6. The van der Waals surface area contributed by atoms with E-state index < -0.39 is 0 Å². The summed E-state index contributed by atoms with van der Waals surface area (Å²) in [7, 11) is 0. The van der Waals surface area contributed by atoms with Gasteiger partial charge in [-0.15, -0.1) is 0 Å². The van der Waals surface area contributed by atoms with E-state index in [-0.39, 0.29) is 5.60 Å². The Kier molecular flexibility index (Phi) is 4.91. The lowest BCUT2D eigenvalue weighted by molar-refractivity contribution is -0.117. The van der Waals surface area contributed by atoms with E-state index >= 15 is 0 Å². The van der Waals surface area contributed by atoms with Gasteiger partial charge in [0.25, 0.3) is 0 Å². The van der Waals surface area contributed by atoms with E-state index in [1.807, 2.05) is 6.92 Å². The molecule has 0 aliphatic carbocycles. The molecule has 18 heavy (non-hydrogen) atoms. The van der Waals surface area contributed by atoms with Crippen LogP contribution in [0, 0.1) is 0 Å². The summed E-state index contributed by atoms with van der Waals surface area (Å²) in [6.45, 7) is 7.19. The van der Waals surface area contributed by atoms with Gasteiger partial charge >= 0.3 is 0 Å². The highest BCUT2D eigenvalue weighted by atomic mass is 32.1. The highest BCUT2D eigenvalue weighted by Crippen LogP contribution is 2.35. The molecule has 0 saturated carbocycles. The van der Waals surface area contributed by atoms with Crippen molar-refractivity contribution < 1.29 is 9.47 Å². The first kappa shape index (κ1) is 13.7. The molecule has 1 aliphatic heterocycles. The zero-order valence-corrected chi connectivity index (χ0v) is 11.9. The average molecular weight is 271 g/mol. The summed E-state index contributed by atoms with van der Waals surface area (Å²) in [5, 5.41) is 4.16. The number of rotatable bonds is 6. The van der Waals surface area contributed by atoms with Crippen LogP contribution in [0.3, 0.4) is 0 Å². The Morgan fingerprint density at radius 2 is 2.17 bits per heavy atom. The predicted octanol–water partition coefficient (Wildman–Crippen LogP) is 2.40. The molecule has 0 spiro atoms. The summed E-state index contributed by atoms with van der Waals surface area (Å²) in [5.74, 6) is 0.816. The molecule has 0 radical (unpaired) electrons. The Balaban J connectivity index is 2.12. The van der Waals surface area contributed by atoms with Crippen molar-refractivity contribution in [2.75, 3.05) is 31.7 Å². The molecule has 1 aromatic rings. The lowest BCUT2D eigenvalue weighted by Gasteiger charge is -2.34. The molecule has 0 atom stereocenters. The van der Waals surface area contributed by atoms with Gasteiger partial charge in [-0.3, -0.25) is 0 Å². The summed E-state index contributed by atoms with van der Waals surface area (Å²) in [4.78, 5) is 4.58. The van der Waals surface area contributed by atoms with E-state index in [1.165, 1.54) is 11.5 Å². The second-order valence-electron chi connectivity index (χ2n) is 4.39. The van der Waals surface area contributed by atoms with Crippen molar-refractivity contribution in [3.63, 3.8) is 0 Å². The standard InChI is InChI=1S/C12H21N3O2S/c1-3-7-13-11-14-10(15-18-11)12(17-4-2)5-8-16-9-6-12/h3-9H2,1-2H3,(H,13,14,15). The number of aromatic nitrogens is 2. The van der Waals surface area contributed by atoms with Gasteiger partial charge in [0.05, 0.1) is 0 Å². The van der Waals surface area contributed by atoms with Crippen molar-refractivity contribution in [1.29, 1.82) is 0 Å². The fraction of sp³-hybridized carbons (Fsp3) is 0.833. The van der Waals surface area contributed by atoms with Gasteiger partial charge in [-0.05, 0) is 13.3 Å². The van der Waals surface area contributed by atoms with Crippen molar-refractivity contribution in [3.8, 4) is 0 Å². The van der Waals surface area contributed by atoms with E-state index in [2.05, 4.69) is 21.6 Å². The Morgan fingerprint density at radius 3 is 2.83 bits per heavy atom. The normalized spacial score (nSPS) is 18.8. The summed E-state index contributed by atoms with van der Waals surface area (Å²) >= 11 is 1.41. The second kappa shape index (κ2) is 6.45. The van der Waals surface area contributed by atoms with Crippen LogP contribution < -0.4 is 5.32 Å². The van der Waals surface area contributed by atoms with Crippen molar-refractivity contribution in [2.45, 2.75) is 38.7 Å². The monoisotopic (exact) mass is 271 g/mol. The van der Waals surface area contributed by atoms with Crippen LogP contribution >= 0.6 is 11.5 Å². The van der Waals surface area contributed by atoms with Gasteiger partial charge in [-0.2, -0.15) is 4.37 Å². The summed E-state index contributed by atoms with van der Waals surface area (Å²) < 4.78 is 15.8. The minimum Gasteiger partial charge on any atom is -0.381 e. The first-order chi connectivity index (χ1) is 8.80. The molecular weight excluding hydrogens is 250 g/mol. The van der Waals surface area contributed by atoms with E-state index in [0.29, 0.717) is 6.61 Å². The van der Waals surface area contributed by atoms with Crippen molar-refractivity contribution in [3.05, 3.63) is 5.82 Å². The predicted molar refractivity (Wildman–Crippen MR) is 72.0 cm³/mol. The van der Waals surface area contributed by atoms with Gasteiger partial charge in [-0.25, -0.2) is 4.98 Å². The SMILES string of the molecule is CCCNc1nc(C2(OCC)CCOCC2)ns1. The van der Waals surface area contributed by atoms with Gasteiger partial charge < -0.3 is 14.8 Å². The Morgan fingerprint density at radius 1 is 1.39 bits per heavy atom. The molecule has 102 valence electrons. The maximum absolute atomic E-state index is 5.95. The van der Waals surface area contributed by atoms with Crippen LogP contribution in [0.5, 0.6) is 0 Å². The van der Waals surface area contributed by atoms with Crippen molar-refractivity contribution in [1.82, 2.24) is 9.36 Å². The van der Waals surface area contributed by atoms with E-state index in [4.69, 9.17) is 9.47 Å². The number of nitrogens with zero attached hydrogens (tertiary/aromatic N) is 2. The molecule has 5 nitrogen and oxygen atoms in total. The van der Waals surface area contributed by atoms with Crippen LogP contribution in [0.4, 0.5) is 5.13 Å². The maximum Gasteiger partial charge on any atom is 0.202 e. The minimum absolute atomic E-state index is 0.338. The van der Waals surface area contributed by atoms with E-state index in [0.717, 1.165) is 50.0 Å². The fourth-order valence-corrected chi connectivity index (χ4v) is 2.80. The average Bonchev–Trinajstić information content (AvgIpc) is 2.87. The molecular formula is C12H21N3O2S. The van der Waals surface area contributed by atoms with Gasteiger partial charge in [0.1, 0.15) is 5.60 Å². The Labute approximate surface area is 112 Å². The highest BCUT2D eigenvalue weighted by molar-refractivity contribution is 7.09. The van der Waals surface area contributed by atoms with Gasteiger partial charge in [-0.1, -0.05) is 6.92 Å². The van der Waals surface area contributed by atoms with Crippen LogP contribution in [0.15, 0.2) is 0 Å². The fourth-order valence-electron chi connectivity index (χ4n) is 2.12. The Hall–Kier alpha value is -0.720. The molecule has 6 heteroatoms. The van der Waals surface area contributed by atoms with Gasteiger partial charge in [0.15, 0.2) is 5.82 Å². The third-order valence-electron chi connectivity index (χ3n) is 3.08. The summed E-state index contributed by atoms with van der Waals surface area (Å²) in [6.07, 6.45) is 2.76. The van der Waals surface area contributed by atoms with Crippen LogP contribution in [-0.4, -0.2) is 35.7 Å². The van der Waals surface area contributed by atoms with E-state index in [9.17, 15) is 0 Å². The van der Waals surface area contributed by atoms with Crippen molar-refractivity contribution >= 4 is 16.7 Å². The molecule has 1 N–H and O–H groups in total. The third kappa shape index (κ3) is 2.99. The minimum atomic E-state index is -0.338. The molecule has 1 saturated heterocycles. The molecule has 1 aliphatic rings. The third-order valence-corrected chi connectivity index (χ3v) is 3.75. The smallest absolute Gasteiger partial charge is 0.202 e. The first-order valence-electron chi connectivity index (χ1n) is 6.60. The highest BCUT2D eigenvalue weighted by Gasteiger charge is 2.39. The molecule has 2 heterocycles. The molecule has 0 unspecified atom stereocenters. The molecule has 0 aromatic carbocycles. The molecule has 0 amide bonds. The van der Waals surface area contributed by atoms with Crippen LogP contribution in [-0.2, 0) is 15.1 Å². The maximum atomic E-state index is 5.95. The molecule has 0 bridgehead atoms. The number of nitrogens with one attached hydrogen (secondary N) is 1. The van der Waals surface area contributed by atoms with Crippen LogP contribution in [0.2, 0.25) is 0 Å². The lowest BCUT2D eigenvalue weighted by atomic mass is 9.93. The van der Waals surface area contributed by atoms with Crippen LogP contribution in [0.25, 0.3) is 0 Å². The molecule has 2 rings (SSSR count). The number of hydrogen-bond donors (Lipinski definition) is 1. The van der Waals surface area contributed by atoms with Gasteiger partial charge in [0.2, 0.25) is 5.13 Å². The van der Waals surface area contributed by atoms with Crippen LogP contribution in [0.1, 0.15) is 38.9 Å². The topological polar surface area (TPSA) is 56.3 Å². The number of anilines is 1. The van der Waals surface area contributed by atoms with Crippen molar-refractivity contribution in [2.24, 2.45) is 0 Å². The Bertz CT molecular complexity index is 358. The molecule has 1 aromatic heterocycles. The summed E-state index contributed by atoms with van der Waals surface area (Å²) in [6, 6.07) is 0. The van der Waals surface area contributed by atoms with E-state index in [1.54, 1.807) is 0 Å². The first-order valence-corrected chi connectivity index (χ1v) is 7.38. The zero-order valence-electron chi connectivity index (χ0n) is 11.1. The van der Waals surface area contributed by atoms with Gasteiger partial charge in [0, 0.05) is 50.7 Å². The number of ether oxygens (including phenoxy) is 2. The second-order valence-corrected chi connectivity index (χ2v) is 5.14. The zero-order chi connectivity index (χ0) is 12.8. The molecule has 1 fully saturated rings.